The Morgan fingerprint density at radius 1 is 1.55 bits per heavy atom. The third-order valence-electron chi connectivity index (χ3n) is 1.81. The van der Waals surface area contributed by atoms with Crippen LogP contribution in [0.25, 0.3) is 0 Å². The molecule has 1 aliphatic carbocycles. The van der Waals surface area contributed by atoms with Gasteiger partial charge in [0.15, 0.2) is 0 Å². The van der Waals surface area contributed by atoms with Gasteiger partial charge < -0.3 is 0 Å². The van der Waals surface area contributed by atoms with Gasteiger partial charge in [0, 0.05) is 22.5 Å². The van der Waals surface area contributed by atoms with Crippen LogP contribution in [0.5, 0.6) is 0 Å². The minimum atomic E-state index is 0.887. The van der Waals surface area contributed by atoms with Crippen molar-refractivity contribution in [1.29, 1.82) is 0 Å². The van der Waals surface area contributed by atoms with Crippen LogP contribution in [0.2, 0.25) is 0 Å². The van der Waals surface area contributed by atoms with Crippen molar-refractivity contribution in [1.82, 2.24) is 4.98 Å². The van der Waals surface area contributed by atoms with E-state index in [1.807, 2.05) is 24.2 Å². The van der Waals surface area contributed by atoms with Crippen molar-refractivity contribution in [3.05, 3.63) is 24.0 Å². The summed E-state index contributed by atoms with van der Waals surface area (Å²) < 4.78 is 0. The first-order valence-corrected chi connectivity index (χ1v) is 4.81. The average Bonchev–Trinajstić information content (AvgIpc) is 2.78. The standard InChI is InChI=1S/C9H11NS/c1-7-4-5-10-6-9(7)11-8-2-3-8/h4-6,8H,2-3H2,1H3. The van der Waals surface area contributed by atoms with Crippen LogP contribution < -0.4 is 0 Å². The summed E-state index contributed by atoms with van der Waals surface area (Å²) in [7, 11) is 0. The molecule has 58 valence electrons. The summed E-state index contributed by atoms with van der Waals surface area (Å²) in [6, 6.07) is 2.07. The number of aromatic nitrogens is 1. The van der Waals surface area contributed by atoms with Crippen molar-refractivity contribution in [3.8, 4) is 0 Å². The van der Waals surface area contributed by atoms with E-state index in [0.29, 0.717) is 0 Å². The molecule has 11 heavy (non-hydrogen) atoms. The lowest BCUT2D eigenvalue weighted by Crippen LogP contribution is -1.82. The average molecular weight is 165 g/mol. The molecule has 1 aromatic heterocycles. The van der Waals surface area contributed by atoms with Crippen molar-refractivity contribution in [3.63, 3.8) is 0 Å². The molecule has 0 aromatic carbocycles. The minimum absolute atomic E-state index is 0.887. The van der Waals surface area contributed by atoms with E-state index in [-0.39, 0.29) is 0 Å². The van der Waals surface area contributed by atoms with Gasteiger partial charge in [-0.2, -0.15) is 0 Å². The Labute approximate surface area is 71.2 Å². The van der Waals surface area contributed by atoms with Gasteiger partial charge in [0.05, 0.1) is 0 Å². The normalized spacial score (nSPS) is 16.8. The molecule has 1 aromatic rings. The second-order valence-electron chi connectivity index (χ2n) is 2.96. The fraction of sp³-hybridized carbons (Fsp3) is 0.444. The molecule has 1 saturated carbocycles. The number of rotatable bonds is 2. The molecular formula is C9H11NS. The smallest absolute Gasteiger partial charge is 0.0406 e. The first-order chi connectivity index (χ1) is 5.36. The largest absolute Gasteiger partial charge is 0.264 e. The number of aryl methyl sites for hydroxylation is 1. The maximum absolute atomic E-state index is 4.11. The van der Waals surface area contributed by atoms with E-state index in [0.717, 1.165) is 5.25 Å². The van der Waals surface area contributed by atoms with Gasteiger partial charge >= 0.3 is 0 Å². The van der Waals surface area contributed by atoms with Gasteiger partial charge in [0.1, 0.15) is 0 Å². The molecule has 0 N–H and O–H groups in total. The Balaban J connectivity index is 2.15. The van der Waals surface area contributed by atoms with E-state index in [4.69, 9.17) is 0 Å². The summed E-state index contributed by atoms with van der Waals surface area (Å²) in [5.41, 5.74) is 1.36. The fourth-order valence-electron chi connectivity index (χ4n) is 0.938. The molecule has 2 rings (SSSR count). The molecule has 1 heterocycles. The van der Waals surface area contributed by atoms with Gasteiger partial charge in [-0.25, -0.2) is 0 Å². The van der Waals surface area contributed by atoms with Crippen LogP contribution in [0.1, 0.15) is 18.4 Å². The molecule has 0 atom stereocenters. The highest BCUT2D eigenvalue weighted by atomic mass is 32.2. The van der Waals surface area contributed by atoms with E-state index in [1.165, 1.54) is 23.3 Å². The Kier molecular flexibility index (Phi) is 1.86. The lowest BCUT2D eigenvalue weighted by molar-refractivity contribution is 1.17. The second-order valence-corrected chi connectivity index (χ2v) is 4.30. The van der Waals surface area contributed by atoms with Gasteiger partial charge in [-0.1, -0.05) is 0 Å². The van der Waals surface area contributed by atoms with Gasteiger partial charge in [-0.3, -0.25) is 4.98 Å². The summed E-state index contributed by atoms with van der Waals surface area (Å²) in [6.45, 7) is 2.15. The summed E-state index contributed by atoms with van der Waals surface area (Å²) in [4.78, 5) is 5.46. The summed E-state index contributed by atoms with van der Waals surface area (Å²) in [5, 5.41) is 0.887. The summed E-state index contributed by atoms with van der Waals surface area (Å²) in [5.74, 6) is 0. The van der Waals surface area contributed by atoms with Crippen LogP contribution in [0.4, 0.5) is 0 Å². The van der Waals surface area contributed by atoms with Gasteiger partial charge in [0.25, 0.3) is 0 Å². The van der Waals surface area contributed by atoms with Gasteiger partial charge in [0.2, 0.25) is 0 Å². The maximum Gasteiger partial charge on any atom is 0.0406 e. The lowest BCUT2D eigenvalue weighted by Gasteiger charge is -2.01. The topological polar surface area (TPSA) is 12.9 Å². The molecule has 1 fully saturated rings. The molecule has 1 aliphatic rings. The molecular weight excluding hydrogens is 154 g/mol. The van der Waals surface area contributed by atoms with E-state index in [1.54, 1.807) is 0 Å². The van der Waals surface area contributed by atoms with E-state index in [2.05, 4.69) is 18.0 Å². The van der Waals surface area contributed by atoms with Crippen molar-refractivity contribution >= 4 is 11.8 Å². The van der Waals surface area contributed by atoms with Gasteiger partial charge in [-0.05, 0) is 31.4 Å². The van der Waals surface area contributed by atoms with Crippen molar-refractivity contribution in [2.75, 3.05) is 0 Å². The number of nitrogens with zero attached hydrogens (tertiary/aromatic N) is 1. The Bertz CT molecular complexity index is 255. The zero-order valence-electron chi connectivity index (χ0n) is 6.58. The molecule has 0 amide bonds. The molecule has 0 bridgehead atoms. The van der Waals surface area contributed by atoms with Crippen molar-refractivity contribution < 1.29 is 0 Å². The molecule has 0 aliphatic heterocycles. The minimum Gasteiger partial charge on any atom is -0.264 e. The first kappa shape index (κ1) is 7.17. The molecule has 0 unspecified atom stereocenters. The van der Waals surface area contributed by atoms with Crippen molar-refractivity contribution in [2.45, 2.75) is 29.9 Å². The van der Waals surface area contributed by atoms with Crippen LogP contribution in [0.3, 0.4) is 0 Å². The molecule has 0 saturated heterocycles. The van der Waals surface area contributed by atoms with E-state index in [9.17, 15) is 0 Å². The predicted octanol–water partition coefficient (Wildman–Crippen LogP) is 2.64. The van der Waals surface area contributed by atoms with Gasteiger partial charge in [-0.15, -0.1) is 11.8 Å². The number of hydrogen-bond acceptors (Lipinski definition) is 2. The Hall–Kier alpha value is -0.500. The van der Waals surface area contributed by atoms with Crippen LogP contribution in [-0.4, -0.2) is 10.2 Å². The van der Waals surface area contributed by atoms with E-state index >= 15 is 0 Å². The summed E-state index contributed by atoms with van der Waals surface area (Å²) in [6.07, 6.45) is 6.60. The monoisotopic (exact) mass is 165 g/mol. The number of hydrogen-bond donors (Lipinski definition) is 0. The fourth-order valence-corrected chi connectivity index (χ4v) is 2.04. The highest BCUT2D eigenvalue weighted by Crippen LogP contribution is 2.39. The van der Waals surface area contributed by atoms with E-state index < -0.39 is 0 Å². The van der Waals surface area contributed by atoms with Crippen LogP contribution in [0.15, 0.2) is 23.4 Å². The maximum atomic E-state index is 4.11. The zero-order valence-corrected chi connectivity index (χ0v) is 7.40. The third kappa shape index (κ3) is 1.74. The van der Waals surface area contributed by atoms with Crippen molar-refractivity contribution in [2.24, 2.45) is 0 Å². The number of thioether (sulfide) groups is 1. The highest BCUT2D eigenvalue weighted by Gasteiger charge is 2.22. The molecule has 2 heteroatoms. The Morgan fingerprint density at radius 3 is 3.00 bits per heavy atom. The second kappa shape index (κ2) is 2.86. The zero-order chi connectivity index (χ0) is 7.68. The third-order valence-corrected chi connectivity index (χ3v) is 3.30. The highest BCUT2D eigenvalue weighted by molar-refractivity contribution is 8.00. The lowest BCUT2D eigenvalue weighted by atomic mass is 10.3. The first-order valence-electron chi connectivity index (χ1n) is 3.93. The quantitative estimate of drug-likeness (QED) is 0.668. The van der Waals surface area contributed by atoms with Crippen LogP contribution in [-0.2, 0) is 0 Å². The Morgan fingerprint density at radius 2 is 2.36 bits per heavy atom. The SMILES string of the molecule is Cc1ccncc1SC1CC1. The summed E-state index contributed by atoms with van der Waals surface area (Å²) >= 11 is 1.97. The van der Waals surface area contributed by atoms with Crippen LogP contribution in [0, 0.1) is 6.92 Å². The predicted molar refractivity (Wildman–Crippen MR) is 47.9 cm³/mol. The molecule has 0 spiro atoms. The number of pyridine rings is 1. The molecule has 0 radical (unpaired) electrons. The molecule has 1 nitrogen and oxygen atoms in total. The van der Waals surface area contributed by atoms with Crippen LogP contribution >= 0.6 is 11.8 Å².